The van der Waals surface area contributed by atoms with E-state index in [0.29, 0.717) is 6.54 Å². The molecule has 6 heteroatoms. The second-order valence-corrected chi connectivity index (χ2v) is 7.33. The van der Waals surface area contributed by atoms with E-state index in [4.69, 9.17) is 0 Å². The number of benzene rings is 1. The van der Waals surface area contributed by atoms with Crippen molar-refractivity contribution in [3.8, 4) is 0 Å². The van der Waals surface area contributed by atoms with Crippen molar-refractivity contribution in [3.63, 3.8) is 0 Å². The van der Waals surface area contributed by atoms with Gasteiger partial charge in [0, 0.05) is 42.3 Å². The SMILES string of the molecule is CCN1CCN(CC(=O)NCC(O)c2cc3ccccc3s2)CC1. The van der Waals surface area contributed by atoms with Crippen LogP contribution < -0.4 is 5.32 Å². The molecule has 3 rings (SSSR count). The van der Waals surface area contributed by atoms with Crippen LogP contribution in [0, 0.1) is 0 Å². The molecule has 24 heavy (non-hydrogen) atoms. The molecule has 1 atom stereocenters. The highest BCUT2D eigenvalue weighted by Gasteiger charge is 2.18. The first-order chi connectivity index (χ1) is 11.7. The Morgan fingerprint density at radius 1 is 1.25 bits per heavy atom. The number of nitrogens with one attached hydrogen (secondary N) is 1. The molecule has 1 aromatic carbocycles. The fourth-order valence-corrected chi connectivity index (χ4v) is 4.05. The first-order valence-electron chi connectivity index (χ1n) is 8.53. The highest BCUT2D eigenvalue weighted by Crippen LogP contribution is 2.29. The van der Waals surface area contributed by atoms with Crippen molar-refractivity contribution in [1.82, 2.24) is 15.1 Å². The number of rotatable bonds is 6. The zero-order valence-corrected chi connectivity index (χ0v) is 14.9. The Kier molecular flexibility index (Phi) is 5.84. The molecule has 1 aliphatic heterocycles. The number of hydrogen-bond acceptors (Lipinski definition) is 5. The van der Waals surface area contributed by atoms with Crippen molar-refractivity contribution >= 4 is 27.3 Å². The first-order valence-corrected chi connectivity index (χ1v) is 9.35. The Labute approximate surface area is 146 Å². The van der Waals surface area contributed by atoms with Gasteiger partial charge >= 0.3 is 0 Å². The minimum Gasteiger partial charge on any atom is -0.386 e. The fourth-order valence-electron chi connectivity index (χ4n) is 3.00. The number of fused-ring (bicyclic) bond motifs is 1. The van der Waals surface area contributed by atoms with Gasteiger partial charge in [0.15, 0.2) is 0 Å². The molecule has 0 aliphatic carbocycles. The second-order valence-electron chi connectivity index (χ2n) is 6.22. The van der Waals surface area contributed by atoms with E-state index in [0.717, 1.165) is 47.7 Å². The van der Waals surface area contributed by atoms with E-state index >= 15 is 0 Å². The average Bonchev–Trinajstić information content (AvgIpc) is 3.04. The van der Waals surface area contributed by atoms with Crippen LogP contribution in [-0.2, 0) is 4.79 Å². The van der Waals surface area contributed by atoms with E-state index < -0.39 is 6.10 Å². The molecule has 0 spiro atoms. The highest BCUT2D eigenvalue weighted by atomic mass is 32.1. The van der Waals surface area contributed by atoms with Gasteiger partial charge in [0.25, 0.3) is 0 Å². The molecule has 0 radical (unpaired) electrons. The van der Waals surface area contributed by atoms with Crippen LogP contribution in [-0.4, -0.2) is 66.6 Å². The molecule has 0 bridgehead atoms. The summed E-state index contributed by atoms with van der Waals surface area (Å²) in [5.41, 5.74) is 0. The number of thiophene rings is 1. The van der Waals surface area contributed by atoms with Crippen LogP contribution in [0.1, 0.15) is 17.9 Å². The Morgan fingerprint density at radius 2 is 1.96 bits per heavy atom. The smallest absolute Gasteiger partial charge is 0.234 e. The standard InChI is InChI=1S/C18H25N3O2S/c1-2-20-7-9-21(10-8-20)13-18(23)19-12-15(22)17-11-14-5-3-4-6-16(14)24-17/h3-6,11,15,22H,2,7-10,12-13H2,1H3,(H,19,23). The predicted molar refractivity (Wildman–Crippen MR) is 98.3 cm³/mol. The highest BCUT2D eigenvalue weighted by molar-refractivity contribution is 7.19. The first kappa shape index (κ1) is 17.4. The third-order valence-electron chi connectivity index (χ3n) is 4.54. The lowest BCUT2D eigenvalue weighted by molar-refractivity contribution is -0.123. The monoisotopic (exact) mass is 347 g/mol. The van der Waals surface area contributed by atoms with E-state index in [2.05, 4.69) is 22.0 Å². The lowest BCUT2D eigenvalue weighted by atomic mass is 10.2. The van der Waals surface area contributed by atoms with Gasteiger partial charge in [-0.2, -0.15) is 0 Å². The normalized spacial score (nSPS) is 17.9. The summed E-state index contributed by atoms with van der Waals surface area (Å²) in [7, 11) is 0. The molecule has 5 nitrogen and oxygen atoms in total. The van der Waals surface area contributed by atoms with Crippen LogP contribution in [0.25, 0.3) is 10.1 Å². The number of aliphatic hydroxyl groups excluding tert-OH is 1. The number of hydrogen-bond donors (Lipinski definition) is 2. The topological polar surface area (TPSA) is 55.8 Å². The van der Waals surface area contributed by atoms with Crippen LogP contribution in [0.4, 0.5) is 0 Å². The summed E-state index contributed by atoms with van der Waals surface area (Å²) < 4.78 is 1.16. The number of likely N-dealkylation sites (N-methyl/N-ethyl adjacent to an activating group) is 1. The molecule has 0 saturated carbocycles. The van der Waals surface area contributed by atoms with Crippen molar-refractivity contribution in [2.75, 3.05) is 45.8 Å². The summed E-state index contributed by atoms with van der Waals surface area (Å²) in [4.78, 5) is 17.6. The molecule has 1 amide bonds. The van der Waals surface area contributed by atoms with E-state index in [9.17, 15) is 9.90 Å². The molecule has 1 unspecified atom stereocenters. The van der Waals surface area contributed by atoms with Crippen molar-refractivity contribution in [1.29, 1.82) is 0 Å². The van der Waals surface area contributed by atoms with Crippen LogP contribution in [0.5, 0.6) is 0 Å². The lowest BCUT2D eigenvalue weighted by Crippen LogP contribution is -2.49. The zero-order chi connectivity index (χ0) is 16.9. The summed E-state index contributed by atoms with van der Waals surface area (Å²) in [6.45, 7) is 7.82. The van der Waals surface area contributed by atoms with Gasteiger partial charge in [-0.3, -0.25) is 9.69 Å². The molecular formula is C18H25N3O2S. The lowest BCUT2D eigenvalue weighted by Gasteiger charge is -2.33. The van der Waals surface area contributed by atoms with Crippen LogP contribution in [0.3, 0.4) is 0 Å². The summed E-state index contributed by atoms with van der Waals surface area (Å²) >= 11 is 1.58. The molecule has 2 N–H and O–H groups in total. The predicted octanol–water partition coefficient (Wildman–Crippen LogP) is 1.69. The minimum absolute atomic E-state index is 0.0138. The summed E-state index contributed by atoms with van der Waals surface area (Å²) in [6, 6.07) is 10.1. The summed E-state index contributed by atoms with van der Waals surface area (Å²) in [5, 5.41) is 14.3. The van der Waals surface area contributed by atoms with Gasteiger partial charge in [-0.05, 0) is 24.1 Å². The minimum atomic E-state index is -0.650. The Hall–Kier alpha value is -1.47. The zero-order valence-electron chi connectivity index (χ0n) is 14.1. The van der Waals surface area contributed by atoms with Gasteiger partial charge < -0.3 is 15.3 Å². The van der Waals surface area contributed by atoms with Crippen LogP contribution >= 0.6 is 11.3 Å². The molecule has 1 fully saturated rings. The van der Waals surface area contributed by atoms with E-state index in [1.165, 1.54) is 0 Å². The number of amides is 1. The van der Waals surface area contributed by atoms with Gasteiger partial charge in [-0.1, -0.05) is 25.1 Å². The summed E-state index contributed by atoms with van der Waals surface area (Å²) in [5.74, 6) is -0.0138. The Morgan fingerprint density at radius 3 is 2.67 bits per heavy atom. The molecule has 2 aromatic rings. The van der Waals surface area contributed by atoms with Crippen LogP contribution in [0.2, 0.25) is 0 Å². The molecule has 1 aliphatic rings. The second kappa shape index (κ2) is 8.07. The Balaban J connectivity index is 1.45. The summed E-state index contributed by atoms with van der Waals surface area (Å²) in [6.07, 6.45) is -0.650. The van der Waals surface area contributed by atoms with E-state index in [1.807, 2.05) is 30.3 Å². The van der Waals surface area contributed by atoms with Gasteiger partial charge in [-0.15, -0.1) is 11.3 Å². The van der Waals surface area contributed by atoms with Gasteiger partial charge in [0.1, 0.15) is 6.10 Å². The molecular weight excluding hydrogens is 322 g/mol. The van der Waals surface area contributed by atoms with Gasteiger partial charge in [0.05, 0.1) is 6.54 Å². The number of nitrogens with zero attached hydrogens (tertiary/aromatic N) is 2. The maximum atomic E-state index is 12.1. The maximum absolute atomic E-state index is 12.1. The van der Waals surface area contributed by atoms with Crippen molar-refractivity contribution < 1.29 is 9.90 Å². The van der Waals surface area contributed by atoms with E-state index in [1.54, 1.807) is 11.3 Å². The van der Waals surface area contributed by atoms with E-state index in [-0.39, 0.29) is 12.5 Å². The number of carbonyl (C=O) groups excluding carboxylic acids is 1. The molecule has 130 valence electrons. The largest absolute Gasteiger partial charge is 0.386 e. The third kappa shape index (κ3) is 4.33. The quantitative estimate of drug-likeness (QED) is 0.835. The third-order valence-corrected chi connectivity index (χ3v) is 5.76. The van der Waals surface area contributed by atoms with Gasteiger partial charge in [0.2, 0.25) is 5.91 Å². The molecule has 2 heterocycles. The average molecular weight is 347 g/mol. The number of piperazine rings is 1. The fraction of sp³-hybridized carbons (Fsp3) is 0.500. The van der Waals surface area contributed by atoms with Crippen molar-refractivity contribution in [2.24, 2.45) is 0 Å². The number of carbonyl (C=O) groups is 1. The Bertz CT molecular complexity index is 647. The molecule has 1 aromatic heterocycles. The van der Waals surface area contributed by atoms with Gasteiger partial charge in [-0.25, -0.2) is 0 Å². The van der Waals surface area contributed by atoms with Crippen molar-refractivity contribution in [3.05, 3.63) is 35.2 Å². The molecule has 1 saturated heterocycles. The maximum Gasteiger partial charge on any atom is 0.234 e. The number of aliphatic hydroxyl groups is 1. The van der Waals surface area contributed by atoms with Crippen LogP contribution in [0.15, 0.2) is 30.3 Å². The van der Waals surface area contributed by atoms with Crippen molar-refractivity contribution in [2.45, 2.75) is 13.0 Å².